The maximum Gasteiger partial charge on any atom is 0.264 e. The van der Waals surface area contributed by atoms with E-state index in [1.54, 1.807) is 59.6 Å². The van der Waals surface area contributed by atoms with Crippen LogP contribution in [-0.2, 0) is 56.4 Å². The zero-order valence-electron chi connectivity index (χ0n) is 44.3. The second kappa shape index (κ2) is 22.6. The number of anilines is 4. The Kier molecular flexibility index (Phi) is 15.1. The first-order chi connectivity index (χ1) is 38.8. The second-order valence-electron chi connectivity index (χ2n) is 20.6. The van der Waals surface area contributed by atoms with Crippen molar-refractivity contribution in [3.05, 3.63) is 118 Å². The number of carbonyl (C=O) groups excluding carboxylic acids is 6. The third-order valence-electron chi connectivity index (χ3n) is 15.4. The number of halogens is 2. The van der Waals surface area contributed by atoms with Gasteiger partial charge in [0.25, 0.3) is 18.2 Å². The number of aryl methyl sites for hydroxylation is 1. The first-order valence-corrected chi connectivity index (χ1v) is 26.9. The fraction of sp³-hybridized carbons (Fsp3) is 0.362. The molecule has 22 heteroatoms. The molecule has 0 bridgehead atoms. The fourth-order valence-corrected chi connectivity index (χ4v) is 11.6. The number of rotatable bonds is 14. The van der Waals surface area contributed by atoms with Crippen molar-refractivity contribution >= 4 is 80.6 Å². The highest BCUT2D eigenvalue weighted by Gasteiger charge is 2.45. The third kappa shape index (κ3) is 10.4. The Bertz CT molecular complexity index is 3610. The number of piperidine rings is 1. The Morgan fingerprint density at radius 3 is 2.55 bits per heavy atom. The van der Waals surface area contributed by atoms with Crippen LogP contribution in [0.3, 0.4) is 0 Å². The summed E-state index contributed by atoms with van der Waals surface area (Å²) in [4.78, 5) is 87.9. The molecular weight excluding hydrogens is 1030 g/mol. The van der Waals surface area contributed by atoms with Gasteiger partial charge in [-0.05, 0) is 123 Å². The summed E-state index contributed by atoms with van der Waals surface area (Å²) in [5.41, 5.74) is 14.0. The summed E-state index contributed by atoms with van der Waals surface area (Å²) in [6.07, 6.45) is 7.26. The average Bonchev–Trinajstić information content (AvgIpc) is 4.15. The van der Waals surface area contributed by atoms with Crippen LogP contribution in [0.25, 0.3) is 32.9 Å². The van der Waals surface area contributed by atoms with Crippen molar-refractivity contribution in [2.45, 2.75) is 90.0 Å². The minimum Gasteiger partial charge on any atom is -0.492 e. The van der Waals surface area contributed by atoms with Gasteiger partial charge in [0.05, 0.1) is 34.7 Å². The lowest BCUT2D eigenvalue weighted by Gasteiger charge is -2.33. The first kappa shape index (κ1) is 53.4. The van der Waals surface area contributed by atoms with Crippen molar-refractivity contribution in [2.75, 3.05) is 62.5 Å². The number of nitrogens with one attached hydrogen (secondary N) is 3. The van der Waals surface area contributed by atoms with Crippen LogP contribution in [0, 0.1) is 0 Å². The van der Waals surface area contributed by atoms with Gasteiger partial charge in [-0.15, -0.1) is 0 Å². The van der Waals surface area contributed by atoms with Gasteiger partial charge in [0.15, 0.2) is 5.82 Å². The highest BCUT2D eigenvalue weighted by atomic mass is 19.3. The topological polar surface area (TPSA) is 241 Å². The van der Waals surface area contributed by atoms with Crippen molar-refractivity contribution < 1.29 is 47.0 Å². The first-order valence-electron chi connectivity index (χ1n) is 26.9. The smallest absolute Gasteiger partial charge is 0.264 e. The van der Waals surface area contributed by atoms with E-state index in [4.69, 9.17) is 30.1 Å². The van der Waals surface area contributed by atoms with E-state index in [1.807, 2.05) is 12.1 Å². The molecular formula is C58H60F2N12O8. The van der Waals surface area contributed by atoms with E-state index in [1.165, 1.54) is 24.8 Å². The van der Waals surface area contributed by atoms with Crippen molar-refractivity contribution in [3.63, 3.8) is 0 Å². The summed E-state index contributed by atoms with van der Waals surface area (Å²) in [5, 5.41) is 15.2. The molecule has 4 aromatic heterocycles. The van der Waals surface area contributed by atoms with Crippen LogP contribution in [-0.4, -0.2) is 122 Å². The molecule has 1 unspecified atom stereocenters. The van der Waals surface area contributed by atoms with Gasteiger partial charge in [-0.2, -0.15) is 5.10 Å². The molecule has 80 heavy (non-hydrogen) atoms. The summed E-state index contributed by atoms with van der Waals surface area (Å²) in [7, 11) is 2.11. The average molecular weight is 1090 g/mol. The van der Waals surface area contributed by atoms with E-state index in [9.17, 15) is 24.0 Å². The van der Waals surface area contributed by atoms with Gasteiger partial charge in [-0.1, -0.05) is 0 Å². The summed E-state index contributed by atoms with van der Waals surface area (Å²) < 4.78 is 46.7. The number of alkyl halides is 2. The lowest BCUT2D eigenvalue weighted by Crippen LogP contribution is -2.54. The molecule has 5 amide bonds. The lowest BCUT2D eigenvalue weighted by molar-refractivity contribution is -0.136. The van der Waals surface area contributed by atoms with Crippen molar-refractivity contribution in [1.29, 1.82) is 0 Å². The molecule has 5 aliphatic heterocycles. The minimum atomic E-state index is -2.79. The number of aldehydes is 1. The van der Waals surface area contributed by atoms with Crippen LogP contribution in [0.2, 0.25) is 0 Å². The number of ether oxygens (including phenoxy) is 2. The molecule has 3 aromatic carbocycles. The Labute approximate surface area is 458 Å². The molecule has 9 heterocycles. The number of nitrogens with zero attached hydrogens (tertiary/aromatic N) is 8. The maximum absolute atomic E-state index is 15.5. The molecule has 2 saturated heterocycles. The number of nitrogens with two attached hydrogens (primary N) is 1. The molecule has 20 nitrogen and oxygen atoms in total. The van der Waals surface area contributed by atoms with Crippen LogP contribution in [0.15, 0.2) is 79.3 Å². The summed E-state index contributed by atoms with van der Waals surface area (Å²) >= 11 is 0. The van der Waals surface area contributed by atoms with Crippen molar-refractivity contribution in [2.24, 2.45) is 0 Å². The number of hydrogen-bond acceptors (Lipinski definition) is 15. The number of likely N-dealkylation sites (N-methyl/N-ethyl adjacent to an activating group) is 1. The van der Waals surface area contributed by atoms with Crippen LogP contribution < -0.4 is 31.3 Å². The number of pyridine rings is 2. The number of imide groups is 2. The molecule has 0 radical (unpaired) electrons. The van der Waals surface area contributed by atoms with Crippen molar-refractivity contribution in [1.82, 2.24) is 44.7 Å². The summed E-state index contributed by atoms with van der Waals surface area (Å²) in [6.45, 7) is 5.56. The number of hydrogen-bond donors (Lipinski definition) is 4. The maximum atomic E-state index is 15.5. The van der Waals surface area contributed by atoms with Gasteiger partial charge < -0.3 is 45.0 Å². The molecule has 0 aliphatic carbocycles. The largest absolute Gasteiger partial charge is 0.492 e. The van der Waals surface area contributed by atoms with E-state index in [2.05, 4.69) is 42.5 Å². The molecule has 414 valence electrons. The van der Waals surface area contributed by atoms with E-state index in [-0.39, 0.29) is 67.7 Å². The quantitative estimate of drug-likeness (QED) is 0.0379. The van der Waals surface area contributed by atoms with E-state index in [0.29, 0.717) is 71.0 Å². The van der Waals surface area contributed by atoms with Crippen LogP contribution >= 0.6 is 0 Å². The highest BCUT2D eigenvalue weighted by Crippen LogP contribution is 2.45. The molecule has 0 saturated carbocycles. The summed E-state index contributed by atoms with van der Waals surface area (Å²) in [5.74, 6) is -1.02. The molecule has 5 aliphatic rings. The Hall–Kier alpha value is -8.63. The van der Waals surface area contributed by atoms with Gasteiger partial charge in [0.1, 0.15) is 37.0 Å². The predicted molar refractivity (Wildman–Crippen MR) is 294 cm³/mol. The Morgan fingerprint density at radius 2 is 1.75 bits per heavy atom. The number of carbonyl (C=O) groups is 6. The number of aromatic nitrogens is 5. The highest BCUT2D eigenvalue weighted by molar-refractivity contribution is 6.23. The Balaban J connectivity index is 0.00000220. The molecule has 2 fully saturated rings. The number of benzene rings is 3. The van der Waals surface area contributed by atoms with Crippen LogP contribution in [0.4, 0.5) is 31.8 Å². The monoisotopic (exact) mass is 1090 g/mol. The summed E-state index contributed by atoms with van der Waals surface area (Å²) in [6, 6.07) is 16.2. The number of fused-ring (bicyclic) bond motifs is 5. The minimum absolute atomic E-state index is 0.0201. The van der Waals surface area contributed by atoms with Gasteiger partial charge >= 0.3 is 0 Å². The van der Waals surface area contributed by atoms with Gasteiger partial charge in [0, 0.05) is 115 Å². The third-order valence-corrected chi connectivity index (χ3v) is 15.4. The standard InChI is InChI=1S/C56H56F2N12O7.C2H4O/c1-66-17-11-46-43(28-66)53(65-70(46)34-12-18-76-19-13-34)68-16-2-3-31-21-38(39(52(57)58)25-48(31)68)42-29-67(45-10-14-60-27-41(42)45)30-51(72)62-26-32-22-49(63-44-7-4-33(59)23-37(32)44)61-15-20-77-35-5-6-36-40(24-35)56(75)69(55(36)74)47-8-9-50(71)64-54(47)73;1-2-3/h4-7,10,14,21-25,27,29,34,47,52H,2-3,8-9,11-13,15-20,26,28,30,59H2,1H3,(H,61,63)(H,62,72)(H,64,71,73);2H,1H3. The molecule has 12 rings (SSSR count). The fourth-order valence-electron chi connectivity index (χ4n) is 11.6. The van der Waals surface area contributed by atoms with Crippen LogP contribution in [0.1, 0.15) is 100 Å². The van der Waals surface area contributed by atoms with Gasteiger partial charge in [-0.3, -0.25) is 43.9 Å². The van der Waals surface area contributed by atoms with Crippen LogP contribution in [0.5, 0.6) is 5.75 Å². The number of nitrogen functional groups attached to an aromatic ring is 1. The number of amides is 5. The molecule has 1 atom stereocenters. The van der Waals surface area contributed by atoms with E-state index < -0.39 is 36.1 Å². The zero-order valence-corrected chi connectivity index (χ0v) is 44.3. The molecule has 7 aromatic rings. The molecule has 5 N–H and O–H groups in total. The molecule has 0 spiro atoms. The Morgan fingerprint density at radius 1 is 0.938 bits per heavy atom. The normalized spacial score (nSPS) is 17.5. The second-order valence-corrected chi connectivity index (χ2v) is 20.6. The van der Waals surface area contributed by atoms with E-state index in [0.717, 1.165) is 83.5 Å². The van der Waals surface area contributed by atoms with Crippen molar-refractivity contribution in [3.8, 4) is 16.9 Å². The SMILES string of the molecule is CC=O.CN1CCc2c(c(N3CCCc4cc(-c5cn(CC(=O)NCc6cc(NCCOc7ccc8c(c7)C(=O)N(C7CCC(=O)NC7=O)C8=O)nc7ccc(N)cc67)c6ccncc56)c(C(F)F)cc43)nn2C2CCOCC2)C1. The lowest BCUT2D eigenvalue weighted by atomic mass is 9.91. The predicted octanol–water partition coefficient (Wildman–Crippen LogP) is 6.81. The van der Waals surface area contributed by atoms with E-state index >= 15 is 8.78 Å². The zero-order chi connectivity index (χ0) is 55.8. The van der Waals surface area contributed by atoms with Gasteiger partial charge in [0.2, 0.25) is 17.7 Å². The van der Waals surface area contributed by atoms with Gasteiger partial charge in [-0.25, -0.2) is 13.8 Å².